The zero-order chi connectivity index (χ0) is 14.9. The number of carbonyl (C=O) groups is 1. The van der Waals surface area contributed by atoms with E-state index in [0.717, 1.165) is 16.9 Å². The van der Waals surface area contributed by atoms with Crippen LogP contribution in [0.2, 0.25) is 0 Å². The van der Waals surface area contributed by atoms with E-state index >= 15 is 0 Å². The minimum Gasteiger partial charge on any atom is -0.311 e. The molecule has 2 aromatic heterocycles. The summed E-state index contributed by atoms with van der Waals surface area (Å²) in [6, 6.07) is 14.3. The Morgan fingerprint density at radius 3 is 2.86 bits per heavy atom. The van der Waals surface area contributed by atoms with Crippen LogP contribution in [0.5, 0.6) is 0 Å². The first-order valence-corrected chi connectivity index (χ1v) is 8.12. The third-order valence-electron chi connectivity index (χ3n) is 3.98. The zero-order valence-electron chi connectivity index (χ0n) is 11.9. The highest BCUT2D eigenvalue weighted by molar-refractivity contribution is 7.09. The standard InChI is InChI=1S/C17H15N3OS/c21-16-9-14(12-5-2-1-3-6-12)15-10-18-20(17(15)19-16)11-13-7-4-8-22-13/h1-8,10,14H,9,11H2,(H,19,21)/t14-/m0/s1. The molecule has 0 spiro atoms. The largest absolute Gasteiger partial charge is 0.311 e. The average molecular weight is 309 g/mol. The quantitative estimate of drug-likeness (QED) is 0.805. The Morgan fingerprint density at radius 1 is 1.23 bits per heavy atom. The number of rotatable bonds is 3. The molecule has 0 bridgehead atoms. The molecule has 1 amide bonds. The van der Waals surface area contributed by atoms with Gasteiger partial charge in [-0.1, -0.05) is 36.4 Å². The summed E-state index contributed by atoms with van der Waals surface area (Å²) in [7, 11) is 0. The van der Waals surface area contributed by atoms with E-state index in [9.17, 15) is 4.79 Å². The van der Waals surface area contributed by atoms with E-state index in [1.807, 2.05) is 35.1 Å². The minimum atomic E-state index is 0.0503. The molecule has 4 nitrogen and oxygen atoms in total. The number of nitrogens with one attached hydrogen (secondary N) is 1. The van der Waals surface area contributed by atoms with Gasteiger partial charge in [-0.3, -0.25) is 4.79 Å². The molecule has 1 aliphatic rings. The highest BCUT2D eigenvalue weighted by atomic mass is 32.1. The van der Waals surface area contributed by atoms with E-state index < -0.39 is 0 Å². The predicted octanol–water partition coefficient (Wildman–Crippen LogP) is 3.47. The second-order valence-electron chi connectivity index (χ2n) is 5.40. The molecule has 0 saturated heterocycles. The molecule has 0 unspecified atom stereocenters. The van der Waals surface area contributed by atoms with Crippen LogP contribution < -0.4 is 5.32 Å². The Bertz CT molecular complexity index is 793. The van der Waals surface area contributed by atoms with Gasteiger partial charge in [-0.25, -0.2) is 4.68 Å². The molecule has 22 heavy (non-hydrogen) atoms. The first kappa shape index (κ1) is 13.3. The molecule has 1 N–H and O–H groups in total. The second kappa shape index (κ2) is 5.42. The highest BCUT2D eigenvalue weighted by Crippen LogP contribution is 2.37. The molecule has 3 heterocycles. The molecule has 5 heteroatoms. The minimum absolute atomic E-state index is 0.0503. The van der Waals surface area contributed by atoms with E-state index in [4.69, 9.17) is 0 Å². The normalized spacial score (nSPS) is 17.1. The third-order valence-corrected chi connectivity index (χ3v) is 4.84. The van der Waals surface area contributed by atoms with Crippen LogP contribution in [0, 0.1) is 0 Å². The number of fused-ring (bicyclic) bond motifs is 1. The van der Waals surface area contributed by atoms with Crippen LogP contribution in [-0.2, 0) is 11.3 Å². The van der Waals surface area contributed by atoms with Crippen LogP contribution in [0.15, 0.2) is 54.0 Å². The summed E-state index contributed by atoms with van der Waals surface area (Å²) < 4.78 is 1.88. The fourth-order valence-electron chi connectivity index (χ4n) is 2.92. The van der Waals surface area contributed by atoms with Gasteiger partial charge in [-0.05, 0) is 17.0 Å². The maximum atomic E-state index is 12.1. The lowest BCUT2D eigenvalue weighted by Crippen LogP contribution is -2.25. The van der Waals surface area contributed by atoms with Crippen molar-refractivity contribution in [2.45, 2.75) is 18.9 Å². The van der Waals surface area contributed by atoms with Crippen molar-refractivity contribution in [3.63, 3.8) is 0 Å². The van der Waals surface area contributed by atoms with Crippen molar-refractivity contribution in [2.75, 3.05) is 5.32 Å². The van der Waals surface area contributed by atoms with Gasteiger partial charge in [0.1, 0.15) is 5.82 Å². The third kappa shape index (κ3) is 2.33. The summed E-state index contributed by atoms with van der Waals surface area (Å²) in [6.45, 7) is 0.689. The van der Waals surface area contributed by atoms with Crippen LogP contribution in [0.1, 0.15) is 28.3 Å². The molecule has 1 atom stereocenters. The number of hydrogen-bond donors (Lipinski definition) is 1. The van der Waals surface area contributed by atoms with Gasteiger partial charge in [0.25, 0.3) is 0 Å². The second-order valence-corrected chi connectivity index (χ2v) is 6.43. The molecule has 0 saturated carbocycles. The first-order chi connectivity index (χ1) is 10.8. The number of hydrogen-bond acceptors (Lipinski definition) is 3. The summed E-state index contributed by atoms with van der Waals surface area (Å²) in [5.41, 5.74) is 2.26. The molecule has 0 aliphatic carbocycles. The van der Waals surface area contributed by atoms with Gasteiger partial charge in [0.2, 0.25) is 5.91 Å². The Morgan fingerprint density at radius 2 is 2.09 bits per heavy atom. The van der Waals surface area contributed by atoms with Crippen molar-refractivity contribution >= 4 is 23.1 Å². The van der Waals surface area contributed by atoms with Crippen LogP contribution in [0.3, 0.4) is 0 Å². The first-order valence-electron chi connectivity index (χ1n) is 7.24. The van der Waals surface area contributed by atoms with Gasteiger partial charge >= 0.3 is 0 Å². The van der Waals surface area contributed by atoms with Crippen molar-refractivity contribution in [3.05, 3.63) is 70.0 Å². The molecule has 1 aliphatic heterocycles. The average Bonchev–Trinajstić information content (AvgIpc) is 3.18. The molecule has 3 aromatic rings. The lowest BCUT2D eigenvalue weighted by atomic mass is 9.87. The van der Waals surface area contributed by atoms with Gasteiger partial charge in [-0.15, -0.1) is 11.3 Å². The van der Waals surface area contributed by atoms with Crippen molar-refractivity contribution < 1.29 is 4.79 Å². The van der Waals surface area contributed by atoms with Crippen molar-refractivity contribution in [2.24, 2.45) is 0 Å². The molecule has 110 valence electrons. The van der Waals surface area contributed by atoms with Gasteiger partial charge in [0.15, 0.2) is 0 Å². The molecular formula is C17H15N3OS. The number of amides is 1. The summed E-state index contributed by atoms with van der Waals surface area (Å²) in [5, 5.41) is 9.53. The lowest BCUT2D eigenvalue weighted by Gasteiger charge is -2.23. The Hall–Kier alpha value is -2.40. The van der Waals surface area contributed by atoms with Crippen LogP contribution in [0.4, 0.5) is 5.82 Å². The van der Waals surface area contributed by atoms with E-state index in [1.165, 1.54) is 4.88 Å². The SMILES string of the molecule is O=C1C[C@@H](c2ccccc2)c2cnn(Cc3cccs3)c2N1. The molecular weight excluding hydrogens is 294 g/mol. The van der Waals surface area contributed by atoms with E-state index in [0.29, 0.717) is 13.0 Å². The van der Waals surface area contributed by atoms with Crippen LogP contribution in [0.25, 0.3) is 0 Å². The summed E-state index contributed by atoms with van der Waals surface area (Å²) in [6.07, 6.45) is 2.36. The van der Waals surface area contributed by atoms with E-state index in [-0.39, 0.29) is 11.8 Å². The van der Waals surface area contributed by atoms with Gasteiger partial charge in [-0.2, -0.15) is 5.10 Å². The smallest absolute Gasteiger partial charge is 0.226 e. The van der Waals surface area contributed by atoms with E-state index in [1.54, 1.807) is 11.3 Å². The Kier molecular flexibility index (Phi) is 3.27. The maximum Gasteiger partial charge on any atom is 0.226 e. The molecule has 0 fully saturated rings. The number of aromatic nitrogens is 2. The fraction of sp³-hybridized carbons (Fsp3) is 0.176. The number of anilines is 1. The Labute approximate surface area is 132 Å². The fourth-order valence-corrected chi connectivity index (χ4v) is 3.61. The van der Waals surface area contributed by atoms with Crippen LogP contribution >= 0.6 is 11.3 Å². The van der Waals surface area contributed by atoms with Gasteiger partial charge in [0.05, 0.1) is 12.7 Å². The highest BCUT2D eigenvalue weighted by Gasteiger charge is 2.29. The number of nitrogens with zero attached hydrogens (tertiary/aromatic N) is 2. The van der Waals surface area contributed by atoms with Gasteiger partial charge in [0, 0.05) is 22.8 Å². The monoisotopic (exact) mass is 309 g/mol. The van der Waals surface area contributed by atoms with Crippen LogP contribution in [-0.4, -0.2) is 15.7 Å². The molecule has 4 rings (SSSR count). The lowest BCUT2D eigenvalue weighted by molar-refractivity contribution is -0.116. The zero-order valence-corrected chi connectivity index (χ0v) is 12.7. The summed E-state index contributed by atoms with van der Waals surface area (Å²) in [4.78, 5) is 13.3. The van der Waals surface area contributed by atoms with Crippen molar-refractivity contribution in [1.29, 1.82) is 0 Å². The summed E-state index contributed by atoms with van der Waals surface area (Å²) in [5.74, 6) is 0.967. The van der Waals surface area contributed by atoms with Crippen molar-refractivity contribution in [3.8, 4) is 0 Å². The predicted molar refractivity (Wildman–Crippen MR) is 87.2 cm³/mol. The topological polar surface area (TPSA) is 46.9 Å². The number of benzene rings is 1. The maximum absolute atomic E-state index is 12.1. The Balaban J connectivity index is 1.73. The molecule has 0 radical (unpaired) electrons. The number of thiophene rings is 1. The summed E-state index contributed by atoms with van der Waals surface area (Å²) >= 11 is 1.70. The molecule has 1 aromatic carbocycles. The van der Waals surface area contributed by atoms with Gasteiger partial charge < -0.3 is 5.32 Å². The number of carbonyl (C=O) groups excluding carboxylic acids is 1. The van der Waals surface area contributed by atoms with Crippen molar-refractivity contribution in [1.82, 2.24) is 9.78 Å². The van der Waals surface area contributed by atoms with E-state index in [2.05, 4.69) is 34.0 Å².